The molecular formula is C22H26N2. The largest absolute Gasteiger partial charge is 0.368 e. The van der Waals surface area contributed by atoms with Crippen molar-refractivity contribution in [3.05, 3.63) is 83.9 Å². The van der Waals surface area contributed by atoms with Crippen LogP contribution < -0.4 is 0 Å². The number of hydrogen-bond donors (Lipinski definition) is 0. The third-order valence-electron chi connectivity index (χ3n) is 4.81. The zero-order valence-corrected chi connectivity index (χ0v) is 14.8. The summed E-state index contributed by atoms with van der Waals surface area (Å²) in [5, 5.41) is 0. The molecule has 2 nitrogen and oxygen atoms in total. The lowest BCUT2D eigenvalue weighted by molar-refractivity contribution is 0.239. The van der Waals surface area contributed by atoms with Crippen molar-refractivity contribution in [3.8, 4) is 0 Å². The maximum Gasteiger partial charge on any atom is 0.0368 e. The highest BCUT2D eigenvalue weighted by Crippen LogP contribution is 2.23. The number of nitrogens with zero attached hydrogens (tertiary/aromatic N) is 2. The third kappa shape index (κ3) is 3.53. The van der Waals surface area contributed by atoms with Crippen LogP contribution in [0.5, 0.6) is 0 Å². The molecule has 0 amide bonds. The van der Waals surface area contributed by atoms with Crippen LogP contribution in [-0.2, 0) is 0 Å². The molecule has 2 aromatic rings. The van der Waals surface area contributed by atoms with Gasteiger partial charge in [0, 0.05) is 37.6 Å². The molecule has 0 saturated carbocycles. The number of piperazine rings is 1. The Hall–Kier alpha value is -2.48. The van der Waals surface area contributed by atoms with E-state index in [4.69, 9.17) is 0 Å². The van der Waals surface area contributed by atoms with Gasteiger partial charge in [-0.05, 0) is 25.0 Å². The molecule has 2 heteroatoms. The summed E-state index contributed by atoms with van der Waals surface area (Å²) in [6, 6.07) is 17.2. The van der Waals surface area contributed by atoms with Crippen molar-refractivity contribution in [1.82, 2.24) is 9.80 Å². The van der Waals surface area contributed by atoms with Crippen LogP contribution in [0.15, 0.2) is 61.7 Å². The fourth-order valence-corrected chi connectivity index (χ4v) is 3.10. The van der Waals surface area contributed by atoms with Gasteiger partial charge in [0.1, 0.15) is 0 Å². The second kappa shape index (κ2) is 6.96. The second-order valence-electron chi connectivity index (χ2n) is 6.60. The van der Waals surface area contributed by atoms with Gasteiger partial charge in [0.2, 0.25) is 0 Å². The maximum absolute atomic E-state index is 4.30. The predicted octanol–water partition coefficient (Wildman–Crippen LogP) is 4.56. The minimum absolute atomic E-state index is 0.984. The molecule has 0 unspecified atom stereocenters. The van der Waals surface area contributed by atoms with Crippen molar-refractivity contribution in [3.63, 3.8) is 0 Å². The maximum atomic E-state index is 4.30. The fourth-order valence-electron chi connectivity index (χ4n) is 3.10. The van der Waals surface area contributed by atoms with Gasteiger partial charge in [-0.1, -0.05) is 72.8 Å². The van der Waals surface area contributed by atoms with Gasteiger partial charge < -0.3 is 9.80 Å². The minimum Gasteiger partial charge on any atom is -0.368 e. The SMILES string of the molecule is C=C(c1ccc(C)cc1)N1CCN(C(=C)c2ccc(C)cc2)CC1. The summed E-state index contributed by atoms with van der Waals surface area (Å²) in [7, 11) is 0. The average Bonchev–Trinajstić information content (AvgIpc) is 2.62. The van der Waals surface area contributed by atoms with Crippen LogP contribution in [0.2, 0.25) is 0 Å². The molecule has 0 radical (unpaired) electrons. The molecule has 1 aliphatic heterocycles. The summed E-state index contributed by atoms with van der Waals surface area (Å²) in [6.45, 7) is 16.8. The van der Waals surface area contributed by atoms with Crippen molar-refractivity contribution in [1.29, 1.82) is 0 Å². The molecule has 0 atom stereocenters. The summed E-state index contributed by atoms with van der Waals surface area (Å²) in [5.74, 6) is 0. The lowest BCUT2D eigenvalue weighted by Gasteiger charge is -2.39. The molecule has 0 spiro atoms. The van der Waals surface area contributed by atoms with E-state index in [1.54, 1.807) is 0 Å². The van der Waals surface area contributed by atoms with E-state index in [2.05, 4.69) is 85.3 Å². The Balaban J connectivity index is 1.61. The highest BCUT2D eigenvalue weighted by atomic mass is 15.3. The standard InChI is InChI=1S/C22H26N2/c1-17-5-9-21(10-6-17)19(3)23-13-15-24(16-14-23)20(4)22-11-7-18(2)8-12-22/h5-12H,3-4,13-16H2,1-2H3. The molecule has 3 rings (SSSR count). The summed E-state index contributed by atoms with van der Waals surface area (Å²) < 4.78 is 0. The van der Waals surface area contributed by atoms with Crippen molar-refractivity contribution in [2.75, 3.05) is 26.2 Å². The van der Waals surface area contributed by atoms with Crippen molar-refractivity contribution in [2.24, 2.45) is 0 Å². The van der Waals surface area contributed by atoms with E-state index in [1.165, 1.54) is 22.3 Å². The lowest BCUT2D eigenvalue weighted by atomic mass is 10.1. The molecular weight excluding hydrogens is 292 g/mol. The van der Waals surface area contributed by atoms with Crippen molar-refractivity contribution < 1.29 is 0 Å². The topological polar surface area (TPSA) is 6.48 Å². The Labute approximate surface area is 145 Å². The number of hydrogen-bond acceptors (Lipinski definition) is 2. The molecule has 24 heavy (non-hydrogen) atoms. The van der Waals surface area contributed by atoms with Gasteiger partial charge in [-0.3, -0.25) is 0 Å². The first-order valence-corrected chi connectivity index (χ1v) is 8.56. The average molecular weight is 318 g/mol. The van der Waals surface area contributed by atoms with Gasteiger partial charge in [0.25, 0.3) is 0 Å². The summed E-state index contributed by atoms with van der Waals surface area (Å²) >= 11 is 0. The Morgan fingerprint density at radius 3 is 1.21 bits per heavy atom. The first-order valence-electron chi connectivity index (χ1n) is 8.56. The van der Waals surface area contributed by atoms with Crippen LogP contribution in [0.4, 0.5) is 0 Å². The monoisotopic (exact) mass is 318 g/mol. The quantitative estimate of drug-likeness (QED) is 0.815. The Morgan fingerprint density at radius 1 is 0.625 bits per heavy atom. The van der Waals surface area contributed by atoms with Crippen LogP contribution in [0.1, 0.15) is 22.3 Å². The van der Waals surface area contributed by atoms with Gasteiger partial charge in [-0.2, -0.15) is 0 Å². The molecule has 1 aliphatic rings. The zero-order chi connectivity index (χ0) is 17.1. The van der Waals surface area contributed by atoms with E-state index >= 15 is 0 Å². The van der Waals surface area contributed by atoms with E-state index < -0.39 is 0 Å². The second-order valence-corrected chi connectivity index (χ2v) is 6.60. The molecule has 2 aromatic carbocycles. The van der Waals surface area contributed by atoms with Crippen LogP contribution in [0, 0.1) is 13.8 Å². The molecule has 0 bridgehead atoms. The van der Waals surface area contributed by atoms with Gasteiger partial charge >= 0.3 is 0 Å². The molecule has 1 fully saturated rings. The normalized spacial score (nSPS) is 14.6. The Bertz CT molecular complexity index is 652. The molecule has 0 aromatic heterocycles. The van der Waals surface area contributed by atoms with Crippen molar-refractivity contribution >= 4 is 11.4 Å². The van der Waals surface area contributed by atoms with Crippen LogP contribution in [-0.4, -0.2) is 36.0 Å². The van der Waals surface area contributed by atoms with E-state index in [0.29, 0.717) is 0 Å². The minimum atomic E-state index is 0.984. The predicted molar refractivity (Wildman–Crippen MR) is 104 cm³/mol. The van der Waals surface area contributed by atoms with Gasteiger partial charge in [-0.15, -0.1) is 0 Å². The molecule has 0 N–H and O–H groups in total. The van der Waals surface area contributed by atoms with Crippen molar-refractivity contribution in [2.45, 2.75) is 13.8 Å². The number of rotatable bonds is 4. The third-order valence-corrected chi connectivity index (χ3v) is 4.81. The first-order chi connectivity index (χ1) is 11.5. The Kier molecular flexibility index (Phi) is 4.75. The van der Waals surface area contributed by atoms with Gasteiger partial charge in [0.05, 0.1) is 0 Å². The zero-order valence-electron chi connectivity index (χ0n) is 14.8. The van der Waals surface area contributed by atoms with E-state index in [1.807, 2.05) is 0 Å². The van der Waals surface area contributed by atoms with E-state index in [9.17, 15) is 0 Å². The summed E-state index contributed by atoms with van der Waals surface area (Å²) in [4.78, 5) is 4.76. The number of benzene rings is 2. The van der Waals surface area contributed by atoms with Gasteiger partial charge in [0.15, 0.2) is 0 Å². The molecule has 124 valence electrons. The van der Waals surface area contributed by atoms with E-state index in [0.717, 1.165) is 37.6 Å². The van der Waals surface area contributed by atoms with Crippen LogP contribution in [0.3, 0.4) is 0 Å². The molecule has 1 saturated heterocycles. The Morgan fingerprint density at radius 2 is 0.917 bits per heavy atom. The van der Waals surface area contributed by atoms with Crippen LogP contribution >= 0.6 is 0 Å². The molecule has 0 aliphatic carbocycles. The smallest absolute Gasteiger partial charge is 0.0368 e. The highest BCUT2D eigenvalue weighted by Gasteiger charge is 2.20. The van der Waals surface area contributed by atoms with Crippen LogP contribution in [0.25, 0.3) is 11.4 Å². The highest BCUT2D eigenvalue weighted by molar-refractivity contribution is 5.64. The fraction of sp³-hybridized carbons (Fsp3) is 0.273. The van der Waals surface area contributed by atoms with E-state index in [-0.39, 0.29) is 0 Å². The lowest BCUT2D eigenvalue weighted by Crippen LogP contribution is -2.44. The number of aryl methyl sites for hydroxylation is 2. The summed E-state index contributed by atoms with van der Waals surface area (Å²) in [6.07, 6.45) is 0. The summed E-state index contributed by atoms with van der Waals surface area (Å²) in [5.41, 5.74) is 7.24. The van der Waals surface area contributed by atoms with Gasteiger partial charge in [-0.25, -0.2) is 0 Å². The molecule has 1 heterocycles. The first kappa shape index (κ1) is 16.4.